The summed E-state index contributed by atoms with van der Waals surface area (Å²) in [7, 11) is 0. The van der Waals surface area contributed by atoms with Gasteiger partial charge in [0.25, 0.3) is 0 Å². The third-order valence-electron chi connectivity index (χ3n) is 4.39. The molecular formula is C16H21F3N2S. The Kier molecular flexibility index (Phi) is 5.00. The fraction of sp³-hybridized carbons (Fsp3) is 0.625. The van der Waals surface area contributed by atoms with E-state index in [-0.39, 0.29) is 0 Å². The lowest BCUT2D eigenvalue weighted by atomic mass is 9.99. The number of halogens is 3. The van der Waals surface area contributed by atoms with Crippen LogP contribution in [-0.4, -0.2) is 42.5 Å². The second kappa shape index (κ2) is 6.81. The lowest BCUT2D eigenvalue weighted by Gasteiger charge is -2.36. The van der Waals surface area contributed by atoms with Crippen molar-refractivity contribution >= 4 is 11.8 Å². The Morgan fingerprint density at radius 2 is 1.86 bits per heavy atom. The van der Waals surface area contributed by atoms with Crippen LogP contribution in [0.3, 0.4) is 0 Å². The van der Waals surface area contributed by atoms with Crippen LogP contribution in [0.5, 0.6) is 0 Å². The molecule has 0 spiro atoms. The smallest absolute Gasteiger partial charge is 0.307 e. The highest BCUT2D eigenvalue weighted by molar-refractivity contribution is 7.99. The van der Waals surface area contributed by atoms with E-state index < -0.39 is 12.7 Å². The predicted octanol–water partition coefficient (Wildman–Crippen LogP) is 3.84. The van der Waals surface area contributed by atoms with Gasteiger partial charge in [-0.05, 0) is 49.7 Å². The molecule has 0 radical (unpaired) electrons. The van der Waals surface area contributed by atoms with Gasteiger partial charge in [0.2, 0.25) is 0 Å². The quantitative estimate of drug-likeness (QED) is 0.906. The Labute approximate surface area is 133 Å². The summed E-state index contributed by atoms with van der Waals surface area (Å²) in [5.74, 6) is 1.10. The summed E-state index contributed by atoms with van der Waals surface area (Å²) in [5.41, 5.74) is 1.34. The molecule has 2 aliphatic heterocycles. The molecule has 0 bridgehead atoms. The third kappa shape index (κ3) is 4.18. The van der Waals surface area contributed by atoms with Crippen molar-refractivity contribution < 1.29 is 13.2 Å². The number of nitrogens with zero attached hydrogens (tertiary/aromatic N) is 1. The van der Waals surface area contributed by atoms with Crippen LogP contribution in [0.1, 0.15) is 30.9 Å². The van der Waals surface area contributed by atoms with E-state index in [2.05, 4.69) is 29.6 Å². The number of nitrogens with one attached hydrogen (secondary N) is 1. The van der Waals surface area contributed by atoms with Crippen molar-refractivity contribution in [2.45, 2.75) is 42.4 Å². The molecule has 1 unspecified atom stereocenters. The normalized spacial score (nSPS) is 24.2. The molecule has 2 nitrogen and oxygen atoms in total. The number of alkyl halides is 3. The minimum atomic E-state index is -4.08. The Balaban J connectivity index is 1.54. The summed E-state index contributed by atoms with van der Waals surface area (Å²) in [6.07, 6.45) is -1.41. The van der Waals surface area contributed by atoms with E-state index in [1.54, 1.807) is 0 Å². The Morgan fingerprint density at radius 1 is 1.14 bits per heavy atom. The van der Waals surface area contributed by atoms with Gasteiger partial charge in [-0.3, -0.25) is 4.90 Å². The summed E-state index contributed by atoms with van der Waals surface area (Å²) >= 11 is 1.89. The van der Waals surface area contributed by atoms with Crippen LogP contribution in [-0.2, 0) is 0 Å². The number of benzene rings is 1. The number of fused-ring (bicyclic) bond motifs is 1. The van der Waals surface area contributed by atoms with Crippen LogP contribution >= 0.6 is 11.8 Å². The second-order valence-corrected chi connectivity index (χ2v) is 7.20. The van der Waals surface area contributed by atoms with Gasteiger partial charge in [-0.2, -0.15) is 13.2 Å². The molecule has 0 amide bonds. The van der Waals surface area contributed by atoms with Crippen LogP contribution < -0.4 is 5.32 Å². The molecule has 2 aliphatic rings. The molecule has 1 N–H and O–H groups in total. The molecule has 3 rings (SSSR count). The summed E-state index contributed by atoms with van der Waals surface area (Å²) in [6, 6.07) is 9.11. The standard InChI is InChI=1S/C16H21F3N2S/c17-16(18,19)11-21-8-5-12(6-9-21)20-14-7-10-22-15-4-2-1-3-13(14)15/h1-4,12,14,20H,5-11H2. The van der Waals surface area contributed by atoms with Crippen LogP contribution in [0, 0.1) is 0 Å². The fourth-order valence-electron chi connectivity index (χ4n) is 3.31. The Hall–Kier alpha value is -0.720. The molecule has 1 fully saturated rings. The van der Waals surface area contributed by atoms with Crippen LogP contribution in [0.4, 0.5) is 13.2 Å². The van der Waals surface area contributed by atoms with Gasteiger partial charge in [0.1, 0.15) is 0 Å². The molecule has 1 aromatic carbocycles. The Bertz CT molecular complexity index is 498. The predicted molar refractivity (Wildman–Crippen MR) is 83.2 cm³/mol. The fourth-order valence-corrected chi connectivity index (χ4v) is 4.44. The molecule has 0 saturated carbocycles. The summed E-state index contributed by atoms with van der Waals surface area (Å²) < 4.78 is 37.2. The number of piperidine rings is 1. The van der Waals surface area contributed by atoms with E-state index in [1.807, 2.05) is 11.8 Å². The largest absolute Gasteiger partial charge is 0.401 e. The van der Waals surface area contributed by atoms with Crippen molar-refractivity contribution in [2.75, 3.05) is 25.4 Å². The highest BCUT2D eigenvalue weighted by Gasteiger charge is 2.33. The average Bonchev–Trinajstić information content (AvgIpc) is 2.48. The van der Waals surface area contributed by atoms with Crippen molar-refractivity contribution in [3.8, 4) is 0 Å². The SMILES string of the molecule is FC(F)(F)CN1CCC(NC2CCSc3ccccc32)CC1. The summed E-state index contributed by atoms with van der Waals surface area (Å²) in [5, 5.41) is 3.68. The maximum atomic E-state index is 12.4. The molecule has 22 heavy (non-hydrogen) atoms. The number of likely N-dealkylation sites (tertiary alicyclic amines) is 1. The first-order valence-electron chi connectivity index (χ1n) is 7.78. The third-order valence-corrected chi connectivity index (χ3v) is 5.51. The first kappa shape index (κ1) is 16.1. The average molecular weight is 330 g/mol. The maximum Gasteiger partial charge on any atom is 0.401 e. The van der Waals surface area contributed by atoms with Crippen molar-refractivity contribution in [1.82, 2.24) is 10.2 Å². The van der Waals surface area contributed by atoms with Crippen molar-refractivity contribution in [3.05, 3.63) is 29.8 Å². The molecule has 1 saturated heterocycles. The van der Waals surface area contributed by atoms with Gasteiger partial charge in [-0.15, -0.1) is 11.8 Å². The van der Waals surface area contributed by atoms with Gasteiger partial charge in [-0.1, -0.05) is 18.2 Å². The summed E-state index contributed by atoms with van der Waals surface area (Å²) in [6.45, 7) is 0.281. The number of hydrogen-bond donors (Lipinski definition) is 1. The molecule has 0 aliphatic carbocycles. The van der Waals surface area contributed by atoms with Gasteiger partial charge >= 0.3 is 6.18 Å². The summed E-state index contributed by atoms with van der Waals surface area (Å²) in [4.78, 5) is 2.85. The first-order chi connectivity index (χ1) is 10.5. The molecule has 6 heteroatoms. The second-order valence-electron chi connectivity index (χ2n) is 6.06. The highest BCUT2D eigenvalue weighted by atomic mass is 32.2. The molecule has 1 aromatic rings. The van der Waals surface area contributed by atoms with Crippen molar-refractivity contribution in [3.63, 3.8) is 0 Å². The lowest BCUT2D eigenvalue weighted by Crippen LogP contribution is -2.46. The van der Waals surface area contributed by atoms with E-state index in [9.17, 15) is 13.2 Å². The van der Waals surface area contributed by atoms with Gasteiger partial charge in [0, 0.05) is 17.0 Å². The Morgan fingerprint density at radius 3 is 2.59 bits per heavy atom. The monoisotopic (exact) mass is 330 g/mol. The van der Waals surface area contributed by atoms with Crippen molar-refractivity contribution in [1.29, 1.82) is 0 Å². The van der Waals surface area contributed by atoms with E-state index >= 15 is 0 Å². The van der Waals surface area contributed by atoms with Crippen LogP contribution in [0.25, 0.3) is 0 Å². The van der Waals surface area contributed by atoms with Crippen LogP contribution in [0.2, 0.25) is 0 Å². The first-order valence-corrected chi connectivity index (χ1v) is 8.77. The molecule has 0 aromatic heterocycles. The number of hydrogen-bond acceptors (Lipinski definition) is 3. The molecule has 2 heterocycles. The minimum absolute atomic E-state index is 0.325. The van der Waals surface area contributed by atoms with Crippen LogP contribution in [0.15, 0.2) is 29.2 Å². The van der Waals surface area contributed by atoms with Gasteiger partial charge < -0.3 is 5.32 Å². The van der Waals surface area contributed by atoms with Gasteiger partial charge in [-0.25, -0.2) is 0 Å². The highest BCUT2D eigenvalue weighted by Crippen LogP contribution is 2.36. The zero-order chi connectivity index (χ0) is 15.6. The molecule has 1 atom stereocenters. The maximum absolute atomic E-state index is 12.4. The van der Waals surface area contributed by atoms with Gasteiger partial charge in [0.05, 0.1) is 6.54 Å². The van der Waals surface area contributed by atoms with Crippen molar-refractivity contribution in [2.24, 2.45) is 0 Å². The van der Waals surface area contributed by atoms with E-state index in [1.165, 1.54) is 15.4 Å². The minimum Gasteiger partial charge on any atom is -0.307 e. The van der Waals surface area contributed by atoms with E-state index in [4.69, 9.17) is 0 Å². The molecular weight excluding hydrogens is 309 g/mol. The van der Waals surface area contributed by atoms with E-state index in [0.717, 1.165) is 25.0 Å². The van der Waals surface area contributed by atoms with Gasteiger partial charge in [0.15, 0.2) is 0 Å². The zero-order valence-corrected chi connectivity index (χ0v) is 13.2. The zero-order valence-electron chi connectivity index (χ0n) is 12.4. The van der Waals surface area contributed by atoms with E-state index in [0.29, 0.717) is 25.2 Å². The number of rotatable bonds is 3. The molecule has 122 valence electrons. The topological polar surface area (TPSA) is 15.3 Å². The number of thioether (sulfide) groups is 1. The lowest BCUT2D eigenvalue weighted by molar-refractivity contribution is -0.148.